The Morgan fingerprint density at radius 3 is 2.79 bits per heavy atom. The monoisotopic (exact) mass is 187 g/mol. The van der Waals surface area contributed by atoms with Crippen molar-refractivity contribution >= 4 is 5.91 Å². The maximum Gasteiger partial charge on any atom is 0.252 e. The maximum absolute atomic E-state index is 11.4. The molecular weight excluding hydrogens is 178 g/mol. The number of carbonyl (C=O) groups excluding carboxylic acids is 1. The van der Waals surface area contributed by atoms with E-state index < -0.39 is 6.04 Å². The van der Waals surface area contributed by atoms with E-state index in [4.69, 9.17) is 5.26 Å². The lowest BCUT2D eigenvalue weighted by Gasteiger charge is -2.06. The molecule has 1 amide bonds. The molecule has 14 heavy (non-hydrogen) atoms. The standard InChI is InChI=1S/C10H9N3O/c1-2-9(7-11)13-10(14)8-3-5-12-6-4-8/h2-6,9H,1H2,(H,13,14). The fourth-order valence-corrected chi connectivity index (χ4v) is 0.872. The van der Waals surface area contributed by atoms with Crippen molar-refractivity contribution in [2.75, 3.05) is 0 Å². The van der Waals surface area contributed by atoms with Crippen molar-refractivity contribution in [1.29, 1.82) is 5.26 Å². The second kappa shape index (κ2) is 4.77. The number of nitrogens with zero attached hydrogens (tertiary/aromatic N) is 2. The molecule has 0 aliphatic rings. The largest absolute Gasteiger partial charge is 0.333 e. The number of hydrogen-bond donors (Lipinski definition) is 1. The van der Waals surface area contributed by atoms with Gasteiger partial charge in [-0.25, -0.2) is 0 Å². The number of carbonyl (C=O) groups is 1. The van der Waals surface area contributed by atoms with Crippen LogP contribution in [-0.2, 0) is 0 Å². The molecule has 0 fully saturated rings. The molecule has 4 heteroatoms. The minimum atomic E-state index is -0.657. The third-order valence-electron chi connectivity index (χ3n) is 1.60. The van der Waals surface area contributed by atoms with Gasteiger partial charge in [0.1, 0.15) is 6.04 Å². The summed E-state index contributed by atoms with van der Waals surface area (Å²) >= 11 is 0. The number of hydrogen-bond acceptors (Lipinski definition) is 3. The first-order chi connectivity index (χ1) is 6.77. The first-order valence-electron chi connectivity index (χ1n) is 4.01. The Labute approximate surface area is 81.9 Å². The van der Waals surface area contributed by atoms with Crippen LogP contribution in [0.25, 0.3) is 0 Å². The van der Waals surface area contributed by atoms with Gasteiger partial charge in [0, 0.05) is 18.0 Å². The Balaban J connectivity index is 2.69. The molecule has 0 spiro atoms. The van der Waals surface area contributed by atoms with Crippen LogP contribution in [0, 0.1) is 11.3 Å². The van der Waals surface area contributed by atoms with Crippen molar-refractivity contribution in [2.45, 2.75) is 6.04 Å². The summed E-state index contributed by atoms with van der Waals surface area (Å²) in [5.41, 5.74) is 0.474. The van der Waals surface area contributed by atoms with Gasteiger partial charge in [-0.3, -0.25) is 9.78 Å². The van der Waals surface area contributed by atoms with Crippen LogP contribution in [-0.4, -0.2) is 16.9 Å². The lowest BCUT2D eigenvalue weighted by molar-refractivity contribution is 0.0951. The fraction of sp³-hybridized carbons (Fsp3) is 0.100. The molecule has 1 aromatic heterocycles. The average Bonchev–Trinajstić information content (AvgIpc) is 2.26. The van der Waals surface area contributed by atoms with Crippen molar-refractivity contribution in [3.63, 3.8) is 0 Å². The van der Waals surface area contributed by atoms with Gasteiger partial charge in [0.15, 0.2) is 0 Å². The molecule has 0 saturated carbocycles. The van der Waals surface area contributed by atoms with Gasteiger partial charge in [-0.05, 0) is 12.1 Å². The maximum atomic E-state index is 11.4. The Kier molecular flexibility index (Phi) is 3.39. The van der Waals surface area contributed by atoms with Crippen LogP contribution < -0.4 is 5.32 Å². The SMILES string of the molecule is C=CC(C#N)NC(=O)c1ccncc1. The first-order valence-corrected chi connectivity index (χ1v) is 4.01. The summed E-state index contributed by atoms with van der Waals surface area (Å²) in [7, 11) is 0. The van der Waals surface area contributed by atoms with E-state index in [1.54, 1.807) is 12.1 Å². The lowest BCUT2D eigenvalue weighted by atomic mass is 10.2. The molecule has 0 aliphatic heterocycles. The second-order valence-electron chi connectivity index (χ2n) is 2.55. The zero-order chi connectivity index (χ0) is 10.4. The molecule has 4 nitrogen and oxygen atoms in total. The van der Waals surface area contributed by atoms with E-state index in [0.29, 0.717) is 5.56 Å². The summed E-state index contributed by atoms with van der Waals surface area (Å²) in [5, 5.41) is 11.1. The molecule has 1 heterocycles. The van der Waals surface area contributed by atoms with Gasteiger partial charge in [-0.2, -0.15) is 5.26 Å². The summed E-state index contributed by atoms with van der Waals surface area (Å²) in [5.74, 6) is -0.307. The van der Waals surface area contributed by atoms with Crippen LogP contribution in [0.15, 0.2) is 37.2 Å². The number of pyridine rings is 1. The van der Waals surface area contributed by atoms with Crippen LogP contribution in [0.4, 0.5) is 0 Å². The first kappa shape index (κ1) is 9.93. The Bertz CT molecular complexity index is 367. The lowest BCUT2D eigenvalue weighted by Crippen LogP contribution is -2.31. The molecule has 70 valence electrons. The van der Waals surface area contributed by atoms with Crippen LogP contribution in [0.1, 0.15) is 10.4 Å². The molecule has 0 bridgehead atoms. The Morgan fingerprint density at radius 2 is 2.29 bits per heavy atom. The average molecular weight is 187 g/mol. The molecule has 1 rings (SSSR count). The predicted octanol–water partition coefficient (Wildman–Crippen LogP) is 0.890. The summed E-state index contributed by atoms with van der Waals surface area (Å²) in [6.07, 6.45) is 4.41. The highest BCUT2D eigenvalue weighted by molar-refractivity contribution is 5.94. The van der Waals surface area contributed by atoms with Crippen LogP contribution >= 0.6 is 0 Å². The van der Waals surface area contributed by atoms with E-state index in [1.807, 2.05) is 6.07 Å². The Morgan fingerprint density at radius 1 is 1.64 bits per heavy atom. The van der Waals surface area contributed by atoms with Crippen molar-refractivity contribution in [3.05, 3.63) is 42.7 Å². The molecule has 0 saturated heterocycles. The van der Waals surface area contributed by atoms with E-state index in [-0.39, 0.29) is 5.91 Å². The smallest absolute Gasteiger partial charge is 0.252 e. The summed E-state index contributed by atoms with van der Waals surface area (Å²) in [4.78, 5) is 15.2. The van der Waals surface area contributed by atoms with Gasteiger partial charge in [0.2, 0.25) is 0 Å². The van der Waals surface area contributed by atoms with E-state index in [9.17, 15) is 4.79 Å². The summed E-state index contributed by atoms with van der Waals surface area (Å²) in [6.45, 7) is 3.43. The second-order valence-corrected chi connectivity index (χ2v) is 2.55. The zero-order valence-electron chi connectivity index (χ0n) is 7.47. The molecular formula is C10H9N3O. The third-order valence-corrected chi connectivity index (χ3v) is 1.60. The van der Waals surface area contributed by atoms with Gasteiger partial charge < -0.3 is 5.32 Å². The van der Waals surface area contributed by atoms with Gasteiger partial charge >= 0.3 is 0 Å². The number of nitrogens with one attached hydrogen (secondary N) is 1. The van der Waals surface area contributed by atoms with Crippen LogP contribution in [0.5, 0.6) is 0 Å². The van der Waals surface area contributed by atoms with E-state index in [1.165, 1.54) is 18.5 Å². The number of rotatable bonds is 3. The number of amides is 1. The minimum absolute atomic E-state index is 0.307. The molecule has 0 radical (unpaired) electrons. The molecule has 0 aliphatic carbocycles. The van der Waals surface area contributed by atoms with Gasteiger partial charge in [-0.1, -0.05) is 12.7 Å². The third kappa shape index (κ3) is 2.42. The molecule has 1 atom stereocenters. The van der Waals surface area contributed by atoms with Crippen molar-refractivity contribution in [2.24, 2.45) is 0 Å². The summed E-state index contributed by atoms with van der Waals surface area (Å²) < 4.78 is 0. The molecule has 1 N–H and O–H groups in total. The zero-order valence-corrected chi connectivity index (χ0v) is 7.47. The van der Waals surface area contributed by atoms with Crippen LogP contribution in [0.3, 0.4) is 0 Å². The number of aromatic nitrogens is 1. The molecule has 0 aromatic carbocycles. The van der Waals surface area contributed by atoms with E-state index in [0.717, 1.165) is 0 Å². The predicted molar refractivity (Wildman–Crippen MR) is 51.3 cm³/mol. The van der Waals surface area contributed by atoms with Gasteiger partial charge in [-0.15, -0.1) is 0 Å². The van der Waals surface area contributed by atoms with Crippen molar-refractivity contribution in [3.8, 4) is 6.07 Å². The van der Waals surface area contributed by atoms with Crippen molar-refractivity contribution in [1.82, 2.24) is 10.3 Å². The summed E-state index contributed by atoms with van der Waals surface area (Å²) in [6, 6.07) is 4.38. The van der Waals surface area contributed by atoms with Crippen LogP contribution in [0.2, 0.25) is 0 Å². The molecule has 1 aromatic rings. The number of nitriles is 1. The minimum Gasteiger partial charge on any atom is -0.333 e. The Hall–Kier alpha value is -2.15. The highest BCUT2D eigenvalue weighted by Gasteiger charge is 2.08. The quantitative estimate of drug-likeness (QED) is 0.714. The van der Waals surface area contributed by atoms with E-state index in [2.05, 4.69) is 16.9 Å². The normalized spacial score (nSPS) is 11.1. The highest BCUT2D eigenvalue weighted by Crippen LogP contribution is 1.96. The molecule has 1 unspecified atom stereocenters. The topological polar surface area (TPSA) is 65.8 Å². The van der Waals surface area contributed by atoms with Crippen molar-refractivity contribution < 1.29 is 4.79 Å². The van der Waals surface area contributed by atoms with Gasteiger partial charge in [0.25, 0.3) is 5.91 Å². The van der Waals surface area contributed by atoms with E-state index >= 15 is 0 Å². The fourth-order valence-electron chi connectivity index (χ4n) is 0.872. The van der Waals surface area contributed by atoms with Gasteiger partial charge in [0.05, 0.1) is 6.07 Å². The highest BCUT2D eigenvalue weighted by atomic mass is 16.1.